The number of hydrogen-bond donors (Lipinski definition) is 2. The summed E-state index contributed by atoms with van der Waals surface area (Å²) in [6, 6.07) is 10.6. The van der Waals surface area contributed by atoms with Gasteiger partial charge in [0.15, 0.2) is 5.69 Å². The van der Waals surface area contributed by atoms with E-state index in [0.29, 0.717) is 6.42 Å². The van der Waals surface area contributed by atoms with E-state index in [9.17, 15) is 22.2 Å². The Morgan fingerprint density at radius 2 is 1.91 bits per heavy atom. The maximum atomic E-state index is 13.5. The normalized spacial score (nSPS) is 13.3. The summed E-state index contributed by atoms with van der Waals surface area (Å²) >= 11 is 6.17. The third-order valence-corrected chi connectivity index (χ3v) is 6.30. The summed E-state index contributed by atoms with van der Waals surface area (Å²) < 4.78 is 65.8. The van der Waals surface area contributed by atoms with Gasteiger partial charge in [-0.1, -0.05) is 30.7 Å². The Kier molecular flexibility index (Phi) is 7.18. The third-order valence-electron chi connectivity index (χ3n) is 4.83. The summed E-state index contributed by atoms with van der Waals surface area (Å²) in [7, 11) is -3.08. The van der Waals surface area contributed by atoms with Crippen molar-refractivity contribution in [3.05, 3.63) is 69.9 Å². The highest BCUT2D eigenvalue weighted by molar-refractivity contribution is 7.91. The van der Waals surface area contributed by atoms with Gasteiger partial charge in [-0.25, -0.2) is 8.99 Å². The Bertz CT molecular complexity index is 1360. The Hall–Kier alpha value is -3.18. The maximum absolute atomic E-state index is 13.5. The molecule has 0 saturated carbocycles. The number of anilines is 1. The summed E-state index contributed by atoms with van der Waals surface area (Å²) in [5.74, 6) is -1.32. The first kappa shape index (κ1) is 25.4. The number of benzene rings is 2. The molecule has 0 bridgehead atoms. The lowest BCUT2D eigenvalue weighted by Crippen LogP contribution is -2.21. The molecule has 3 aromatic rings. The molecule has 0 radical (unpaired) electrons. The van der Waals surface area contributed by atoms with Crippen LogP contribution in [0, 0.1) is 11.7 Å². The van der Waals surface area contributed by atoms with Gasteiger partial charge in [0.2, 0.25) is 0 Å². The molecule has 0 spiro atoms. The Balaban J connectivity index is 2.09. The van der Waals surface area contributed by atoms with Gasteiger partial charge >= 0.3 is 6.18 Å². The fraction of sp³-hybridized carbons (Fsp3) is 0.227. The number of hydrogen-bond acceptors (Lipinski definition) is 6. The highest BCUT2D eigenvalue weighted by atomic mass is 35.5. The van der Waals surface area contributed by atoms with E-state index >= 15 is 0 Å². The number of carbonyl (C=O) groups excluding carboxylic acids is 1. The number of halogens is 4. The molecular weight excluding hydrogens is 493 g/mol. The summed E-state index contributed by atoms with van der Waals surface area (Å²) in [6.45, 7) is 2.98. The molecule has 0 fully saturated rings. The lowest BCUT2D eigenvalue weighted by molar-refractivity contribution is -0.142. The number of nitrogens with one attached hydrogen (secondary N) is 2. The second-order valence-corrected chi connectivity index (χ2v) is 9.96. The van der Waals surface area contributed by atoms with Crippen LogP contribution in [0.4, 0.5) is 18.9 Å². The number of aromatic nitrogens is 2. The highest BCUT2D eigenvalue weighted by Crippen LogP contribution is 2.36. The Morgan fingerprint density at radius 3 is 2.53 bits per heavy atom. The van der Waals surface area contributed by atoms with Crippen LogP contribution < -0.4 is 10.1 Å². The van der Waals surface area contributed by atoms with Crippen molar-refractivity contribution < 1.29 is 26.9 Å². The second kappa shape index (κ2) is 9.59. The van der Waals surface area contributed by atoms with Crippen LogP contribution in [0.3, 0.4) is 0 Å². The molecule has 12 heteroatoms. The predicted molar refractivity (Wildman–Crippen MR) is 122 cm³/mol. The van der Waals surface area contributed by atoms with E-state index < -0.39 is 44.5 Å². The van der Waals surface area contributed by atoms with Crippen molar-refractivity contribution in [2.75, 3.05) is 11.6 Å². The molecule has 0 aliphatic carbocycles. The van der Waals surface area contributed by atoms with E-state index in [1.54, 1.807) is 18.2 Å². The third kappa shape index (κ3) is 5.65. The van der Waals surface area contributed by atoms with Crippen molar-refractivity contribution in [3.63, 3.8) is 0 Å². The summed E-state index contributed by atoms with van der Waals surface area (Å²) in [5.41, 5.74) is -1.35. The fourth-order valence-electron chi connectivity index (χ4n) is 3.07. The van der Waals surface area contributed by atoms with Crippen molar-refractivity contribution in [3.8, 4) is 11.6 Å². The van der Waals surface area contributed by atoms with Gasteiger partial charge in [0.1, 0.15) is 11.3 Å². The average Bonchev–Trinajstić information content (AvgIpc) is 2.74. The van der Waals surface area contributed by atoms with E-state index in [0.717, 1.165) is 12.5 Å². The van der Waals surface area contributed by atoms with E-state index in [1.807, 2.05) is 6.92 Å². The number of nitrogens with zero attached hydrogens (tertiary/aromatic N) is 2. The second-order valence-electron chi connectivity index (χ2n) is 7.40. The number of rotatable bonds is 6. The van der Waals surface area contributed by atoms with Gasteiger partial charge in [-0.05, 0) is 54.8 Å². The molecule has 180 valence electrons. The molecular formula is C22H20ClF3N4O3S. The van der Waals surface area contributed by atoms with Crippen LogP contribution in [0.25, 0.3) is 0 Å². The van der Waals surface area contributed by atoms with Gasteiger partial charge < -0.3 is 10.1 Å². The maximum Gasteiger partial charge on any atom is 0.435 e. The number of carbonyl (C=O) groups is 1. The van der Waals surface area contributed by atoms with Crippen LogP contribution in [0.1, 0.15) is 34.1 Å². The zero-order valence-corrected chi connectivity index (χ0v) is 19.9. The molecule has 3 rings (SSSR count). The van der Waals surface area contributed by atoms with Crippen molar-refractivity contribution in [1.82, 2.24) is 10.2 Å². The van der Waals surface area contributed by atoms with Crippen LogP contribution in [-0.4, -0.2) is 26.6 Å². The number of alkyl halides is 3. The molecule has 0 aliphatic heterocycles. The van der Waals surface area contributed by atoms with Crippen molar-refractivity contribution in [2.45, 2.75) is 31.3 Å². The molecule has 1 aromatic heterocycles. The minimum absolute atomic E-state index is 0.102. The first-order valence-electron chi connectivity index (χ1n) is 9.87. The van der Waals surface area contributed by atoms with Gasteiger partial charge in [0, 0.05) is 16.8 Å². The minimum Gasteiger partial charge on any atom is -0.435 e. The van der Waals surface area contributed by atoms with Crippen LogP contribution in [0.15, 0.2) is 47.4 Å². The zero-order valence-electron chi connectivity index (χ0n) is 18.3. The summed E-state index contributed by atoms with van der Waals surface area (Å²) in [5, 5.41) is 9.39. The summed E-state index contributed by atoms with van der Waals surface area (Å²) in [6.07, 6.45) is -3.00. The van der Waals surface area contributed by atoms with Crippen LogP contribution in [-0.2, 0) is 22.3 Å². The number of ether oxygens (including phenoxy) is 1. The average molecular weight is 513 g/mol. The van der Waals surface area contributed by atoms with E-state index in [2.05, 4.69) is 15.5 Å². The first-order valence-corrected chi connectivity index (χ1v) is 12.2. The molecule has 1 amide bonds. The molecule has 1 unspecified atom stereocenters. The van der Waals surface area contributed by atoms with Gasteiger partial charge in [0.25, 0.3) is 11.8 Å². The largest absolute Gasteiger partial charge is 0.435 e. The lowest BCUT2D eigenvalue weighted by atomic mass is 10.1. The van der Waals surface area contributed by atoms with Crippen molar-refractivity contribution in [1.29, 1.82) is 4.78 Å². The first-order chi connectivity index (χ1) is 15.8. The van der Waals surface area contributed by atoms with Crippen molar-refractivity contribution in [2.24, 2.45) is 0 Å². The zero-order chi connectivity index (χ0) is 25.3. The lowest BCUT2D eigenvalue weighted by Gasteiger charge is -2.17. The quantitative estimate of drug-likeness (QED) is 0.415. The molecule has 0 saturated heterocycles. The van der Waals surface area contributed by atoms with Crippen LogP contribution in [0.2, 0.25) is 5.02 Å². The van der Waals surface area contributed by atoms with Gasteiger partial charge in [-0.2, -0.15) is 13.2 Å². The van der Waals surface area contributed by atoms with Crippen molar-refractivity contribution >= 4 is 32.9 Å². The SMILES string of the molecule is CCc1ccc(Cl)c(Oc2nnc(C(F)(F)F)c(C)c2C(=O)Nc2cccc(S(C)(=N)=O)c2)c1. The Labute approximate surface area is 199 Å². The standard InChI is InChI=1S/C22H20ClF3N4O3S/c1-4-13-8-9-16(23)17(10-13)33-21-18(12(2)19(29-30-21)22(24,25)26)20(31)28-14-6-5-7-15(11-14)34(3,27)32/h5-11,27H,4H2,1-3H3,(H,28,31). The highest BCUT2D eigenvalue weighted by Gasteiger charge is 2.38. The molecule has 34 heavy (non-hydrogen) atoms. The molecule has 7 nitrogen and oxygen atoms in total. The topological polar surface area (TPSA) is 105 Å². The Morgan fingerprint density at radius 1 is 1.21 bits per heavy atom. The number of amides is 1. The fourth-order valence-corrected chi connectivity index (χ4v) is 3.91. The molecule has 1 atom stereocenters. The predicted octanol–water partition coefficient (Wildman–Crippen LogP) is 6.10. The van der Waals surface area contributed by atoms with Gasteiger partial charge in [-0.15, -0.1) is 10.2 Å². The number of aryl methyl sites for hydroxylation is 1. The van der Waals surface area contributed by atoms with Crippen LogP contribution in [0.5, 0.6) is 11.6 Å². The van der Waals surface area contributed by atoms with Crippen LogP contribution >= 0.6 is 11.6 Å². The molecule has 2 aromatic carbocycles. The molecule has 2 N–H and O–H groups in total. The molecule has 1 heterocycles. The van der Waals surface area contributed by atoms with E-state index in [1.165, 1.54) is 30.5 Å². The van der Waals surface area contributed by atoms with Gasteiger partial charge in [0.05, 0.1) is 14.8 Å². The molecule has 0 aliphatic rings. The van der Waals surface area contributed by atoms with E-state index in [4.69, 9.17) is 21.1 Å². The van der Waals surface area contributed by atoms with Gasteiger partial charge in [-0.3, -0.25) is 4.79 Å². The minimum atomic E-state index is -4.86. The van der Waals surface area contributed by atoms with E-state index in [-0.39, 0.29) is 21.4 Å². The summed E-state index contributed by atoms with van der Waals surface area (Å²) in [4.78, 5) is 13.3. The monoisotopic (exact) mass is 512 g/mol. The smallest absolute Gasteiger partial charge is 0.435 e.